The van der Waals surface area contributed by atoms with Crippen molar-refractivity contribution in [3.8, 4) is 0 Å². The minimum Gasteiger partial charge on any atom is -0.466 e. The van der Waals surface area contributed by atoms with E-state index in [1.54, 1.807) is 11.8 Å². The van der Waals surface area contributed by atoms with Crippen molar-refractivity contribution in [2.75, 3.05) is 46.4 Å². The molecule has 3 rings (SSSR count). The number of hydrogen-bond acceptors (Lipinski definition) is 7. The van der Waals surface area contributed by atoms with E-state index in [4.69, 9.17) is 9.47 Å². The maximum Gasteiger partial charge on any atom is 0.310 e. The van der Waals surface area contributed by atoms with Crippen molar-refractivity contribution < 1.29 is 32.3 Å². The molecule has 34 heavy (non-hydrogen) atoms. The van der Waals surface area contributed by atoms with E-state index in [2.05, 4.69) is 4.72 Å². The van der Waals surface area contributed by atoms with Gasteiger partial charge in [-0.25, -0.2) is 13.1 Å². The van der Waals surface area contributed by atoms with Crippen LogP contribution in [-0.2, 0) is 29.1 Å². The summed E-state index contributed by atoms with van der Waals surface area (Å²) in [6.45, 7) is 3.56. The number of piperidine rings is 1. The van der Waals surface area contributed by atoms with Crippen LogP contribution in [0.3, 0.4) is 0 Å². The molecule has 1 aromatic rings. The standard InChI is InChI=1S/C23H33N3O7S/c1-3-32-23(29)18-6-4-12-26(15-18)21(27)16-25(2)22(28)17-8-10-20(11-9-17)34(30,31)24-14-19-7-5-13-33-19/h8-11,18-19,24H,3-7,12-16H2,1-2H3. The molecule has 0 radical (unpaired) electrons. The Bertz CT molecular complexity index is 975. The van der Waals surface area contributed by atoms with Crippen molar-refractivity contribution >= 4 is 27.8 Å². The van der Waals surface area contributed by atoms with Crippen molar-refractivity contribution in [2.45, 2.75) is 43.6 Å². The molecule has 0 aromatic heterocycles. The smallest absolute Gasteiger partial charge is 0.310 e. The van der Waals surface area contributed by atoms with Gasteiger partial charge in [-0.15, -0.1) is 0 Å². The minimum absolute atomic E-state index is 0.0547. The maximum atomic E-state index is 12.8. The Balaban J connectivity index is 1.54. The molecule has 2 saturated heterocycles. The average Bonchev–Trinajstić information content (AvgIpc) is 3.36. The molecule has 2 heterocycles. The lowest BCUT2D eigenvalue weighted by Crippen LogP contribution is -2.47. The number of esters is 1. The lowest BCUT2D eigenvalue weighted by Gasteiger charge is -2.32. The Morgan fingerprint density at radius 3 is 2.56 bits per heavy atom. The van der Waals surface area contributed by atoms with Gasteiger partial charge in [0.25, 0.3) is 5.91 Å². The van der Waals surface area contributed by atoms with Crippen LogP contribution in [-0.4, -0.2) is 88.5 Å². The van der Waals surface area contributed by atoms with Gasteiger partial charge in [0.2, 0.25) is 15.9 Å². The molecule has 2 atom stereocenters. The molecule has 0 aliphatic carbocycles. The number of nitrogens with zero attached hydrogens (tertiary/aromatic N) is 2. The number of hydrogen-bond donors (Lipinski definition) is 1. The Morgan fingerprint density at radius 2 is 1.91 bits per heavy atom. The molecule has 2 amide bonds. The molecule has 10 nitrogen and oxygen atoms in total. The highest BCUT2D eigenvalue weighted by atomic mass is 32.2. The second-order valence-corrected chi connectivity index (χ2v) is 10.4. The summed E-state index contributed by atoms with van der Waals surface area (Å²) >= 11 is 0. The molecule has 0 saturated carbocycles. The molecule has 2 fully saturated rings. The number of benzene rings is 1. The van der Waals surface area contributed by atoms with Crippen LogP contribution in [0.5, 0.6) is 0 Å². The Morgan fingerprint density at radius 1 is 1.18 bits per heavy atom. The van der Waals surface area contributed by atoms with E-state index in [1.807, 2.05) is 0 Å². The molecule has 11 heteroatoms. The van der Waals surface area contributed by atoms with Crippen LogP contribution in [0, 0.1) is 5.92 Å². The van der Waals surface area contributed by atoms with Gasteiger partial charge >= 0.3 is 5.97 Å². The summed E-state index contributed by atoms with van der Waals surface area (Å²) in [5.74, 6) is -1.29. The predicted molar refractivity (Wildman–Crippen MR) is 124 cm³/mol. The van der Waals surface area contributed by atoms with Crippen molar-refractivity contribution in [3.05, 3.63) is 29.8 Å². The van der Waals surface area contributed by atoms with Crippen LogP contribution in [0.4, 0.5) is 0 Å². The first-order chi connectivity index (χ1) is 16.2. The van der Waals surface area contributed by atoms with Gasteiger partial charge in [0.15, 0.2) is 0 Å². The van der Waals surface area contributed by atoms with Crippen molar-refractivity contribution in [1.82, 2.24) is 14.5 Å². The largest absolute Gasteiger partial charge is 0.466 e. The first-order valence-electron chi connectivity index (χ1n) is 11.6. The van der Waals surface area contributed by atoms with Gasteiger partial charge in [0, 0.05) is 38.9 Å². The molecule has 2 aliphatic rings. The number of carbonyl (C=O) groups excluding carboxylic acids is 3. The van der Waals surface area contributed by atoms with E-state index in [0.29, 0.717) is 32.6 Å². The second kappa shape index (κ2) is 11.8. The molecule has 0 bridgehead atoms. The van der Waals surface area contributed by atoms with Gasteiger partial charge < -0.3 is 19.3 Å². The highest BCUT2D eigenvalue weighted by Crippen LogP contribution is 2.19. The van der Waals surface area contributed by atoms with Crippen molar-refractivity contribution in [2.24, 2.45) is 5.92 Å². The van der Waals surface area contributed by atoms with Gasteiger partial charge in [-0.05, 0) is 56.9 Å². The van der Waals surface area contributed by atoms with Crippen LogP contribution in [0.25, 0.3) is 0 Å². The zero-order chi connectivity index (χ0) is 24.7. The van der Waals surface area contributed by atoms with Crippen LogP contribution in [0.1, 0.15) is 43.0 Å². The average molecular weight is 496 g/mol. The van der Waals surface area contributed by atoms with Crippen LogP contribution in [0.15, 0.2) is 29.2 Å². The number of carbonyl (C=O) groups is 3. The van der Waals surface area contributed by atoms with E-state index in [0.717, 1.165) is 12.8 Å². The van der Waals surface area contributed by atoms with Gasteiger partial charge in [-0.2, -0.15) is 0 Å². The Kier molecular flexibility index (Phi) is 9.03. The third-order valence-electron chi connectivity index (χ3n) is 6.05. The molecule has 2 unspecified atom stereocenters. The zero-order valence-electron chi connectivity index (χ0n) is 19.7. The number of ether oxygens (including phenoxy) is 2. The first-order valence-corrected chi connectivity index (χ1v) is 13.1. The lowest BCUT2D eigenvalue weighted by atomic mass is 9.98. The number of likely N-dealkylation sites (N-methyl/N-ethyl adjacent to an activating group) is 1. The van der Waals surface area contributed by atoms with Gasteiger partial charge in [0.1, 0.15) is 0 Å². The zero-order valence-corrected chi connectivity index (χ0v) is 20.5. The lowest BCUT2D eigenvalue weighted by molar-refractivity contribution is -0.151. The number of likely N-dealkylation sites (tertiary alicyclic amines) is 1. The van der Waals surface area contributed by atoms with Gasteiger partial charge in [-0.1, -0.05) is 0 Å². The summed E-state index contributed by atoms with van der Waals surface area (Å²) in [7, 11) is -2.20. The van der Waals surface area contributed by atoms with Crippen molar-refractivity contribution in [1.29, 1.82) is 0 Å². The maximum absolute atomic E-state index is 12.8. The highest BCUT2D eigenvalue weighted by Gasteiger charge is 2.30. The number of rotatable bonds is 9. The first kappa shape index (κ1) is 26.1. The normalized spacial score (nSPS) is 20.7. The SMILES string of the molecule is CCOC(=O)C1CCCN(C(=O)CN(C)C(=O)c2ccc(S(=O)(=O)NCC3CCCO3)cc2)C1. The topological polar surface area (TPSA) is 122 Å². The summed E-state index contributed by atoms with van der Waals surface area (Å²) in [6.07, 6.45) is 3.00. The molecule has 188 valence electrons. The third-order valence-corrected chi connectivity index (χ3v) is 7.49. The van der Waals surface area contributed by atoms with E-state index < -0.39 is 15.9 Å². The minimum atomic E-state index is -3.71. The second-order valence-electron chi connectivity index (χ2n) is 8.60. The van der Waals surface area contributed by atoms with Gasteiger partial charge in [-0.3, -0.25) is 14.4 Å². The molecule has 0 spiro atoms. The fraction of sp³-hybridized carbons (Fsp3) is 0.609. The van der Waals surface area contributed by atoms with E-state index >= 15 is 0 Å². The Hall–Kier alpha value is -2.50. The summed E-state index contributed by atoms with van der Waals surface area (Å²) in [6, 6.07) is 5.61. The fourth-order valence-corrected chi connectivity index (χ4v) is 5.19. The molecule has 1 aromatic carbocycles. The summed E-state index contributed by atoms with van der Waals surface area (Å²) in [5, 5.41) is 0. The van der Waals surface area contributed by atoms with E-state index in [9.17, 15) is 22.8 Å². The molecular formula is C23H33N3O7S. The van der Waals surface area contributed by atoms with Crippen LogP contribution < -0.4 is 4.72 Å². The summed E-state index contributed by atoms with van der Waals surface area (Å²) in [4.78, 5) is 40.4. The summed E-state index contributed by atoms with van der Waals surface area (Å²) < 4.78 is 38.0. The predicted octanol–water partition coefficient (Wildman–Crippen LogP) is 1.02. The molecule has 2 aliphatic heterocycles. The molecular weight excluding hydrogens is 462 g/mol. The fourth-order valence-electron chi connectivity index (χ4n) is 4.12. The number of nitrogens with one attached hydrogen (secondary N) is 1. The number of sulfonamides is 1. The van der Waals surface area contributed by atoms with E-state index in [1.165, 1.54) is 36.2 Å². The number of amides is 2. The van der Waals surface area contributed by atoms with E-state index in [-0.39, 0.29) is 54.0 Å². The van der Waals surface area contributed by atoms with Gasteiger partial charge in [0.05, 0.1) is 30.1 Å². The van der Waals surface area contributed by atoms with Crippen LogP contribution >= 0.6 is 0 Å². The Labute approximate surface area is 200 Å². The van der Waals surface area contributed by atoms with Crippen LogP contribution in [0.2, 0.25) is 0 Å². The third kappa shape index (κ3) is 6.77. The quantitative estimate of drug-likeness (QED) is 0.508. The molecule has 1 N–H and O–H groups in total. The monoisotopic (exact) mass is 495 g/mol. The highest BCUT2D eigenvalue weighted by molar-refractivity contribution is 7.89. The summed E-state index contributed by atoms with van der Waals surface area (Å²) in [5.41, 5.74) is 0.274. The van der Waals surface area contributed by atoms with Crippen molar-refractivity contribution in [3.63, 3.8) is 0 Å².